The third kappa shape index (κ3) is 7.57. The van der Waals surface area contributed by atoms with Gasteiger partial charge in [-0.2, -0.15) is 0 Å². The minimum atomic E-state index is -0.455. The molecule has 0 aromatic heterocycles. The van der Waals surface area contributed by atoms with Gasteiger partial charge >= 0.3 is 0 Å². The monoisotopic (exact) mass is 552 g/mol. The van der Waals surface area contributed by atoms with Crippen LogP contribution in [-0.2, 0) is 0 Å². The van der Waals surface area contributed by atoms with Gasteiger partial charge in [0.2, 0.25) is 11.6 Å². The van der Waals surface area contributed by atoms with Crippen molar-refractivity contribution in [2.24, 2.45) is 11.8 Å². The molecule has 0 radical (unpaired) electrons. The number of piperidine rings is 2. The molecule has 214 valence electrons. The van der Waals surface area contributed by atoms with Crippen molar-refractivity contribution in [2.75, 3.05) is 53.4 Å². The van der Waals surface area contributed by atoms with E-state index in [2.05, 4.69) is 14.1 Å². The topological polar surface area (TPSA) is 120 Å². The Morgan fingerprint density at radius 1 is 0.650 bits per heavy atom. The molecule has 2 saturated heterocycles. The van der Waals surface area contributed by atoms with Gasteiger partial charge in [-0.25, -0.2) is 0 Å². The van der Waals surface area contributed by atoms with E-state index in [4.69, 9.17) is 0 Å². The molecule has 0 saturated carbocycles. The molecule has 2 heterocycles. The van der Waals surface area contributed by atoms with Crippen LogP contribution in [0.5, 0.6) is 0 Å². The molecular weight excluding hydrogens is 512 g/mol. The first-order valence-corrected chi connectivity index (χ1v) is 14.2. The minimum Gasteiger partial charge on any atom is -0.320 e. The van der Waals surface area contributed by atoms with Crippen molar-refractivity contribution < 1.29 is 28.4 Å². The standard InChI is InChI=1S/C30H40N4O6/c1-33(21-29(35)25-5-9-27(10-6-25)31(37)38)17-13-23(14-18-33)3-4-24-15-19-34(2,20-16-24)22-30(36)26-7-11-28(12-8-26)32(39)40/h5-12,23-24H,3-4,13-22H2,1-2H3/q+2. The summed E-state index contributed by atoms with van der Waals surface area (Å²) in [5.41, 5.74) is 1.05. The number of nitro benzene ring substituents is 2. The molecule has 10 nitrogen and oxygen atoms in total. The fourth-order valence-corrected chi connectivity index (χ4v) is 6.27. The van der Waals surface area contributed by atoms with Crippen LogP contribution in [0.1, 0.15) is 59.2 Å². The summed E-state index contributed by atoms with van der Waals surface area (Å²) in [5.74, 6) is 1.41. The van der Waals surface area contributed by atoms with E-state index in [1.54, 1.807) is 24.3 Å². The molecule has 2 aromatic carbocycles. The lowest BCUT2D eigenvalue weighted by molar-refractivity contribution is -0.907. The first kappa shape index (κ1) is 29.5. The van der Waals surface area contributed by atoms with Crippen LogP contribution in [-0.4, -0.2) is 83.7 Å². The fourth-order valence-electron chi connectivity index (χ4n) is 6.27. The largest absolute Gasteiger partial charge is 0.320 e. The normalized spacial score (nSPS) is 26.6. The van der Waals surface area contributed by atoms with Gasteiger partial charge < -0.3 is 8.97 Å². The zero-order valence-corrected chi connectivity index (χ0v) is 23.5. The number of carbonyl (C=O) groups excluding carboxylic acids is 2. The molecule has 10 heteroatoms. The average Bonchev–Trinajstić information content (AvgIpc) is 2.93. The summed E-state index contributed by atoms with van der Waals surface area (Å²) in [7, 11) is 4.27. The van der Waals surface area contributed by atoms with Crippen molar-refractivity contribution in [1.82, 2.24) is 0 Å². The quantitative estimate of drug-likeness (QED) is 0.166. The Labute approximate surface area is 235 Å². The molecule has 0 bridgehead atoms. The predicted octanol–water partition coefficient (Wildman–Crippen LogP) is 5.06. The van der Waals surface area contributed by atoms with E-state index in [0.29, 0.717) is 45.0 Å². The van der Waals surface area contributed by atoms with Crippen molar-refractivity contribution in [3.05, 3.63) is 79.9 Å². The van der Waals surface area contributed by atoms with E-state index in [0.717, 1.165) is 51.9 Å². The maximum atomic E-state index is 12.8. The molecule has 0 spiro atoms. The number of hydrogen-bond acceptors (Lipinski definition) is 6. The lowest BCUT2D eigenvalue weighted by atomic mass is 9.84. The maximum absolute atomic E-state index is 12.8. The lowest BCUT2D eigenvalue weighted by Gasteiger charge is -2.42. The van der Waals surface area contributed by atoms with Crippen LogP contribution in [0, 0.1) is 32.1 Å². The molecule has 0 atom stereocenters. The number of nitro groups is 2. The van der Waals surface area contributed by atoms with Crippen LogP contribution in [0.25, 0.3) is 0 Å². The molecule has 0 aliphatic carbocycles. The Kier molecular flexibility index (Phi) is 9.10. The highest BCUT2D eigenvalue weighted by Gasteiger charge is 2.35. The summed E-state index contributed by atoms with van der Waals surface area (Å²) in [6.45, 7) is 4.70. The van der Waals surface area contributed by atoms with E-state index in [-0.39, 0.29) is 22.9 Å². The average molecular weight is 553 g/mol. The molecule has 0 unspecified atom stereocenters. The lowest BCUT2D eigenvalue weighted by Crippen LogP contribution is -2.53. The second-order valence-corrected chi connectivity index (χ2v) is 12.4. The Morgan fingerprint density at radius 2 is 0.950 bits per heavy atom. The van der Waals surface area contributed by atoms with Crippen molar-refractivity contribution >= 4 is 22.9 Å². The molecule has 2 aliphatic heterocycles. The number of Topliss-reactive ketones (excluding diaryl/α,β-unsaturated/α-hetero) is 2. The zero-order valence-electron chi connectivity index (χ0n) is 23.5. The molecule has 2 aromatic rings. The molecule has 0 N–H and O–H groups in total. The van der Waals surface area contributed by atoms with Gasteiger partial charge in [-0.05, 0) is 74.6 Å². The number of rotatable bonds is 11. The van der Waals surface area contributed by atoms with E-state index in [1.165, 1.54) is 37.1 Å². The summed E-state index contributed by atoms with van der Waals surface area (Å²) >= 11 is 0. The second kappa shape index (κ2) is 12.3. The second-order valence-electron chi connectivity index (χ2n) is 12.4. The Bertz CT molecular complexity index is 1130. The van der Waals surface area contributed by atoms with Gasteiger partial charge in [0.1, 0.15) is 13.1 Å². The summed E-state index contributed by atoms with van der Waals surface area (Å²) in [6.07, 6.45) is 6.82. The highest BCUT2D eigenvalue weighted by atomic mass is 16.6. The van der Waals surface area contributed by atoms with Crippen LogP contribution in [0.3, 0.4) is 0 Å². The van der Waals surface area contributed by atoms with Gasteiger partial charge in [-0.1, -0.05) is 0 Å². The SMILES string of the molecule is C[N+]1(CC(=O)c2ccc([N+](=O)[O-])cc2)CCC(CCC2CC[N+](C)(CC(=O)c3ccc([N+](=O)[O-])cc3)CC2)CC1. The Hall–Kier alpha value is -3.50. The summed E-state index contributed by atoms with van der Waals surface area (Å²) in [5, 5.41) is 21.7. The number of likely N-dealkylation sites (tertiary alicyclic amines) is 2. The molecule has 0 amide bonds. The molecule has 4 rings (SSSR count). The van der Waals surface area contributed by atoms with Crippen LogP contribution >= 0.6 is 0 Å². The van der Waals surface area contributed by atoms with Crippen molar-refractivity contribution in [3.63, 3.8) is 0 Å². The number of ketones is 2. The van der Waals surface area contributed by atoms with Crippen molar-refractivity contribution in [2.45, 2.75) is 38.5 Å². The van der Waals surface area contributed by atoms with Gasteiger partial charge in [-0.3, -0.25) is 29.8 Å². The van der Waals surface area contributed by atoms with E-state index in [1.807, 2.05) is 0 Å². The molecule has 40 heavy (non-hydrogen) atoms. The number of benzene rings is 2. The summed E-state index contributed by atoms with van der Waals surface area (Å²) < 4.78 is 1.43. The van der Waals surface area contributed by atoms with E-state index in [9.17, 15) is 29.8 Å². The highest BCUT2D eigenvalue weighted by molar-refractivity contribution is 5.97. The maximum Gasteiger partial charge on any atom is 0.269 e. The first-order chi connectivity index (χ1) is 19.0. The predicted molar refractivity (Wildman–Crippen MR) is 151 cm³/mol. The summed E-state index contributed by atoms with van der Waals surface area (Å²) in [4.78, 5) is 46.5. The van der Waals surface area contributed by atoms with Crippen LogP contribution in [0.2, 0.25) is 0 Å². The third-order valence-electron chi connectivity index (χ3n) is 9.14. The number of nitrogens with zero attached hydrogens (tertiary/aromatic N) is 4. The zero-order chi connectivity index (χ0) is 28.9. The molecular formula is C30H40N4O6+2. The summed E-state index contributed by atoms with van der Waals surface area (Å²) in [6, 6.07) is 11.8. The number of hydrogen-bond donors (Lipinski definition) is 0. The number of carbonyl (C=O) groups is 2. The van der Waals surface area contributed by atoms with Gasteiger partial charge in [0.05, 0.1) is 50.1 Å². The van der Waals surface area contributed by atoms with Crippen LogP contribution < -0.4 is 0 Å². The Balaban J connectivity index is 1.17. The smallest absolute Gasteiger partial charge is 0.269 e. The van der Waals surface area contributed by atoms with E-state index < -0.39 is 9.85 Å². The van der Waals surface area contributed by atoms with E-state index >= 15 is 0 Å². The van der Waals surface area contributed by atoms with Gasteiger partial charge in [0.25, 0.3) is 11.4 Å². The van der Waals surface area contributed by atoms with Gasteiger partial charge in [0, 0.05) is 35.4 Å². The van der Waals surface area contributed by atoms with Gasteiger partial charge in [-0.15, -0.1) is 0 Å². The van der Waals surface area contributed by atoms with Crippen molar-refractivity contribution in [3.8, 4) is 0 Å². The van der Waals surface area contributed by atoms with Crippen LogP contribution in [0.15, 0.2) is 48.5 Å². The number of non-ortho nitro benzene ring substituents is 2. The number of likely N-dealkylation sites (N-methyl/N-ethyl adjacent to an activating group) is 2. The van der Waals surface area contributed by atoms with Crippen LogP contribution in [0.4, 0.5) is 11.4 Å². The number of quaternary nitrogens is 2. The third-order valence-corrected chi connectivity index (χ3v) is 9.14. The van der Waals surface area contributed by atoms with Gasteiger partial charge in [0.15, 0.2) is 0 Å². The minimum absolute atomic E-state index is 0.00460. The first-order valence-electron chi connectivity index (χ1n) is 14.2. The van der Waals surface area contributed by atoms with Crippen molar-refractivity contribution in [1.29, 1.82) is 0 Å². The highest BCUT2D eigenvalue weighted by Crippen LogP contribution is 2.32. The molecule has 2 fully saturated rings. The molecule has 2 aliphatic rings. The Morgan fingerprint density at radius 3 is 1.23 bits per heavy atom. The fraction of sp³-hybridized carbons (Fsp3) is 0.533.